The zero-order chi connectivity index (χ0) is 17.0. The Hall–Kier alpha value is -1.84. The maximum atomic E-state index is 12.9. The summed E-state index contributed by atoms with van der Waals surface area (Å²) in [4.78, 5) is 25.6. The fourth-order valence-electron chi connectivity index (χ4n) is 4.27. The predicted molar refractivity (Wildman–Crippen MR) is 92.5 cm³/mol. The standard InChI is InChI=1S/C20H27NO3/c1-16(22)24-15-5-13-21-14-12-20(19(21)23)10-8-18(9-11-20)17-6-3-2-4-7-17/h2-4,6-7,18H,5,8-15H2,1H3. The van der Waals surface area contributed by atoms with E-state index in [2.05, 4.69) is 30.3 Å². The van der Waals surface area contributed by atoms with Crippen molar-refractivity contribution < 1.29 is 14.3 Å². The van der Waals surface area contributed by atoms with Crippen LogP contribution in [0.2, 0.25) is 0 Å². The molecular formula is C20H27NO3. The van der Waals surface area contributed by atoms with Crippen molar-refractivity contribution >= 4 is 11.9 Å². The van der Waals surface area contributed by atoms with Crippen molar-refractivity contribution in [2.45, 2.75) is 51.4 Å². The van der Waals surface area contributed by atoms with Gasteiger partial charge in [-0.25, -0.2) is 0 Å². The summed E-state index contributed by atoms with van der Waals surface area (Å²) in [6, 6.07) is 10.7. The number of likely N-dealkylation sites (tertiary alicyclic amines) is 1. The molecule has 1 saturated heterocycles. The van der Waals surface area contributed by atoms with E-state index in [0.29, 0.717) is 25.0 Å². The van der Waals surface area contributed by atoms with E-state index in [-0.39, 0.29) is 11.4 Å². The smallest absolute Gasteiger partial charge is 0.302 e. The van der Waals surface area contributed by atoms with Crippen LogP contribution in [0.5, 0.6) is 0 Å². The second-order valence-corrected chi connectivity index (χ2v) is 7.20. The molecule has 1 aromatic rings. The fourth-order valence-corrected chi connectivity index (χ4v) is 4.27. The first-order chi connectivity index (χ1) is 11.6. The van der Waals surface area contributed by atoms with Gasteiger partial charge in [0.1, 0.15) is 0 Å². The summed E-state index contributed by atoms with van der Waals surface area (Å²) < 4.78 is 4.96. The molecule has 1 aliphatic carbocycles. The first-order valence-corrected chi connectivity index (χ1v) is 9.08. The molecule has 1 saturated carbocycles. The molecule has 0 N–H and O–H groups in total. The molecule has 2 fully saturated rings. The van der Waals surface area contributed by atoms with Crippen molar-refractivity contribution in [3.05, 3.63) is 35.9 Å². The van der Waals surface area contributed by atoms with Gasteiger partial charge in [0.05, 0.1) is 12.0 Å². The molecule has 1 amide bonds. The van der Waals surface area contributed by atoms with E-state index in [1.54, 1.807) is 0 Å². The average Bonchev–Trinajstić information content (AvgIpc) is 2.89. The molecule has 0 bridgehead atoms. The van der Waals surface area contributed by atoms with Crippen LogP contribution >= 0.6 is 0 Å². The highest BCUT2D eigenvalue weighted by atomic mass is 16.5. The van der Waals surface area contributed by atoms with Gasteiger partial charge in [0, 0.05) is 20.0 Å². The molecule has 0 radical (unpaired) electrons. The van der Waals surface area contributed by atoms with Gasteiger partial charge in [-0.3, -0.25) is 9.59 Å². The fraction of sp³-hybridized carbons (Fsp3) is 0.600. The lowest BCUT2D eigenvalue weighted by Crippen LogP contribution is -2.37. The molecule has 130 valence electrons. The first kappa shape index (κ1) is 17.0. The minimum atomic E-state index is -0.251. The molecule has 0 aromatic heterocycles. The number of ether oxygens (including phenoxy) is 1. The number of nitrogens with zero attached hydrogens (tertiary/aromatic N) is 1. The first-order valence-electron chi connectivity index (χ1n) is 9.08. The number of carbonyl (C=O) groups excluding carboxylic acids is 2. The van der Waals surface area contributed by atoms with Gasteiger partial charge in [-0.05, 0) is 50.0 Å². The maximum Gasteiger partial charge on any atom is 0.302 e. The number of hydrogen-bond acceptors (Lipinski definition) is 3. The molecule has 1 spiro atoms. The second kappa shape index (κ2) is 7.37. The zero-order valence-corrected chi connectivity index (χ0v) is 14.5. The van der Waals surface area contributed by atoms with Gasteiger partial charge in [-0.15, -0.1) is 0 Å². The van der Waals surface area contributed by atoms with Crippen LogP contribution in [-0.2, 0) is 14.3 Å². The lowest BCUT2D eigenvalue weighted by Gasteiger charge is -2.36. The molecule has 1 aliphatic heterocycles. The molecular weight excluding hydrogens is 302 g/mol. The summed E-state index contributed by atoms with van der Waals surface area (Å²) in [5.74, 6) is 0.679. The number of hydrogen-bond donors (Lipinski definition) is 0. The Kier molecular flexibility index (Phi) is 5.22. The Morgan fingerprint density at radius 3 is 2.58 bits per heavy atom. The quantitative estimate of drug-likeness (QED) is 0.613. The zero-order valence-electron chi connectivity index (χ0n) is 14.5. The van der Waals surface area contributed by atoms with E-state index in [9.17, 15) is 9.59 Å². The van der Waals surface area contributed by atoms with E-state index in [4.69, 9.17) is 4.74 Å². The van der Waals surface area contributed by atoms with E-state index in [1.165, 1.54) is 12.5 Å². The second-order valence-electron chi connectivity index (χ2n) is 7.20. The largest absolute Gasteiger partial charge is 0.466 e. The molecule has 0 unspecified atom stereocenters. The third-order valence-corrected chi connectivity index (χ3v) is 5.69. The van der Waals surface area contributed by atoms with Gasteiger partial charge in [0.2, 0.25) is 5.91 Å². The van der Waals surface area contributed by atoms with Crippen molar-refractivity contribution in [1.82, 2.24) is 4.90 Å². The third-order valence-electron chi connectivity index (χ3n) is 5.69. The van der Waals surface area contributed by atoms with Gasteiger partial charge < -0.3 is 9.64 Å². The lowest BCUT2D eigenvalue weighted by molar-refractivity contribution is -0.141. The van der Waals surface area contributed by atoms with Crippen molar-refractivity contribution in [2.24, 2.45) is 5.41 Å². The third kappa shape index (κ3) is 3.63. The Morgan fingerprint density at radius 1 is 1.21 bits per heavy atom. The van der Waals surface area contributed by atoms with Crippen LogP contribution in [-0.4, -0.2) is 36.5 Å². The Morgan fingerprint density at radius 2 is 1.92 bits per heavy atom. The molecule has 2 aliphatic rings. The van der Waals surface area contributed by atoms with E-state index in [0.717, 1.165) is 45.1 Å². The number of carbonyl (C=O) groups is 2. The molecule has 1 aromatic carbocycles. The van der Waals surface area contributed by atoms with Crippen LogP contribution < -0.4 is 0 Å². The highest BCUT2D eigenvalue weighted by Gasteiger charge is 2.48. The van der Waals surface area contributed by atoms with Crippen LogP contribution in [0.3, 0.4) is 0 Å². The van der Waals surface area contributed by atoms with E-state index >= 15 is 0 Å². The SMILES string of the molecule is CC(=O)OCCCN1CCC2(CCC(c3ccccc3)CC2)C1=O. The van der Waals surface area contributed by atoms with Crippen molar-refractivity contribution in [2.75, 3.05) is 19.7 Å². The van der Waals surface area contributed by atoms with Crippen LogP contribution in [0.4, 0.5) is 0 Å². The summed E-state index contributed by atoms with van der Waals surface area (Å²) in [6.45, 7) is 3.38. The van der Waals surface area contributed by atoms with Crippen LogP contribution in [0.25, 0.3) is 0 Å². The molecule has 0 atom stereocenters. The number of rotatable bonds is 5. The number of benzene rings is 1. The molecule has 24 heavy (non-hydrogen) atoms. The van der Waals surface area contributed by atoms with Gasteiger partial charge in [0.15, 0.2) is 0 Å². The Labute approximate surface area is 144 Å². The predicted octanol–water partition coefficient (Wildman–Crippen LogP) is 3.52. The van der Waals surface area contributed by atoms with Crippen molar-refractivity contribution in [3.63, 3.8) is 0 Å². The van der Waals surface area contributed by atoms with Crippen molar-refractivity contribution in [1.29, 1.82) is 0 Å². The number of esters is 1. The Bertz CT molecular complexity index is 576. The highest BCUT2D eigenvalue weighted by Crippen LogP contribution is 2.48. The Balaban J connectivity index is 1.51. The van der Waals surface area contributed by atoms with E-state index in [1.807, 2.05) is 4.90 Å². The number of amides is 1. The van der Waals surface area contributed by atoms with Crippen molar-refractivity contribution in [3.8, 4) is 0 Å². The molecule has 4 nitrogen and oxygen atoms in total. The molecule has 1 heterocycles. The minimum absolute atomic E-state index is 0.118. The summed E-state index contributed by atoms with van der Waals surface area (Å²) >= 11 is 0. The molecule has 4 heteroatoms. The van der Waals surface area contributed by atoms with Gasteiger partial charge in [-0.2, -0.15) is 0 Å². The summed E-state index contributed by atoms with van der Waals surface area (Å²) in [5, 5.41) is 0. The van der Waals surface area contributed by atoms with Gasteiger partial charge >= 0.3 is 5.97 Å². The normalized spacial score (nSPS) is 26.8. The lowest BCUT2D eigenvalue weighted by atomic mass is 9.68. The van der Waals surface area contributed by atoms with Gasteiger partial charge in [0.25, 0.3) is 0 Å². The maximum absolute atomic E-state index is 12.9. The topological polar surface area (TPSA) is 46.6 Å². The van der Waals surface area contributed by atoms with Crippen LogP contribution in [0.1, 0.15) is 56.9 Å². The summed E-state index contributed by atoms with van der Waals surface area (Å²) in [7, 11) is 0. The van der Waals surface area contributed by atoms with E-state index < -0.39 is 0 Å². The minimum Gasteiger partial charge on any atom is -0.466 e. The van der Waals surface area contributed by atoms with Crippen LogP contribution in [0, 0.1) is 5.41 Å². The summed E-state index contributed by atoms with van der Waals surface area (Å²) in [5.41, 5.74) is 1.29. The van der Waals surface area contributed by atoms with Gasteiger partial charge in [-0.1, -0.05) is 30.3 Å². The summed E-state index contributed by atoms with van der Waals surface area (Å²) in [6.07, 6.45) is 5.95. The molecule has 3 rings (SSSR count). The monoisotopic (exact) mass is 329 g/mol. The highest BCUT2D eigenvalue weighted by molar-refractivity contribution is 5.85. The average molecular weight is 329 g/mol. The van der Waals surface area contributed by atoms with Crippen LogP contribution in [0.15, 0.2) is 30.3 Å².